The third-order valence-electron chi connectivity index (χ3n) is 2.24. The molecule has 1 rings (SSSR count). The van der Waals surface area contributed by atoms with Crippen LogP contribution in [-0.4, -0.2) is 19.2 Å². The first-order valence-corrected chi connectivity index (χ1v) is 7.70. The first kappa shape index (κ1) is 15.3. The van der Waals surface area contributed by atoms with Gasteiger partial charge in [-0.25, -0.2) is 8.42 Å². The van der Waals surface area contributed by atoms with Gasteiger partial charge in [0.15, 0.2) is 5.75 Å². The predicted octanol–water partition coefficient (Wildman–Crippen LogP) is 2.48. The lowest BCUT2D eigenvalue weighted by molar-refractivity contribution is -0.0788. The van der Waals surface area contributed by atoms with Crippen LogP contribution < -0.4 is 4.89 Å². The molecule has 0 atom stereocenters. The molecule has 0 N–H and O–H groups in total. The van der Waals surface area contributed by atoms with Crippen LogP contribution in [0.25, 0.3) is 0 Å². The molecule has 102 valence electrons. The van der Waals surface area contributed by atoms with Crippen LogP contribution in [0.15, 0.2) is 23.1 Å². The van der Waals surface area contributed by atoms with E-state index in [4.69, 9.17) is 9.22 Å². The highest BCUT2D eigenvalue weighted by Crippen LogP contribution is 2.33. The van der Waals surface area contributed by atoms with Crippen molar-refractivity contribution in [3.05, 3.63) is 23.8 Å². The van der Waals surface area contributed by atoms with E-state index in [2.05, 4.69) is 0 Å². The van der Waals surface area contributed by atoms with Crippen molar-refractivity contribution in [2.24, 2.45) is 0 Å². The van der Waals surface area contributed by atoms with Crippen LogP contribution in [0, 0.1) is 0 Å². The lowest BCUT2D eigenvalue weighted by atomic mass is 9.86. The van der Waals surface area contributed by atoms with Gasteiger partial charge in [-0.15, -0.1) is 4.33 Å². The number of hydrogen-bond acceptors (Lipinski definition) is 6. The molecule has 1 aromatic carbocycles. The zero-order chi connectivity index (χ0) is 14.0. The summed E-state index contributed by atoms with van der Waals surface area (Å²) >= 11 is 0.979. The fraction of sp³-hybridized carbons (Fsp3) is 0.455. The van der Waals surface area contributed by atoms with Gasteiger partial charge in [-0.1, -0.05) is 26.8 Å². The second kappa shape index (κ2) is 5.48. The lowest BCUT2D eigenvalue weighted by Gasteiger charge is -2.22. The van der Waals surface area contributed by atoms with Crippen LogP contribution in [0.3, 0.4) is 0 Å². The summed E-state index contributed by atoms with van der Waals surface area (Å²) in [5.74, 6) is 0.230. The Kier molecular flexibility index (Phi) is 4.66. The molecule has 0 radical (unpaired) electrons. The minimum absolute atomic E-state index is 0.230. The first-order chi connectivity index (χ1) is 8.16. The molecular weight excluding hydrogens is 276 g/mol. The van der Waals surface area contributed by atoms with E-state index >= 15 is 0 Å². The van der Waals surface area contributed by atoms with E-state index in [-0.39, 0.29) is 16.1 Å². The van der Waals surface area contributed by atoms with E-state index < -0.39 is 10.1 Å². The quantitative estimate of drug-likeness (QED) is 0.367. The molecule has 0 unspecified atom stereocenters. The Bertz CT molecular complexity index is 517. The van der Waals surface area contributed by atoms with Gasteiger partial charge >= 0.3 is 0 Å². The predicted molar refractivity (Wildman–Crippen MR) is 68.3 cm³/mol. The molecule has 18 heavy (non-hydrogen) atoms. The van der Waals surface area contributed by atoms with E-state index in [0.717, 1.165) is 17.6 Å². The van der Waals surface area contributed by atoms with Crippen molar-refractivity contribution in [2.45, 2.75) is 31.1 Å². The van der Waals surface area contributed by atoms with Crippen molar-refractivity contribution in [1.82, 2.24) is 0 Å². The molecule has 0 amide bonds. The number of hydrogen-bond donors (Lipinski definition) is 0. The van der Waals surface area contributed by atoms with E-state index in [1.165, 1.54) is 12.1 Å². The molecule has 7 heteroatoms. The lowest BCUT2D eigenvalue weighted by Crippen LogP contribution is -2.14. The maximum Gasteiger partial charge on any atom is 0.171 e. The number of rotatable bonds is 4. The van der Waals surface area contributed by atoms with Crippen molar-refractivity contribution in [2.75, 3.05) is 6.26 Å². The Balaban J connectivity index is 3.29. The van der Waals surface area contributed by atoms with Crippen LogP contribution in [0.5, 0.6) is 5.75 Å². The van der Waals surface area contributed by atoms with Gasteiger partial charge in [0.2, 0.25) is 0 Å². The summed E-state index contributed by atoms with van der Waals surface area (Å²) in [6.07, 6.45) is 1.66. The van der Waals surface area contributed by atoms with Crippen molar-refractivity contribution in [1.29, 1.82) is 0 Å². The zero-order valence-electron chi connectivity index (χ0n) is 10.6. The second-order valence-electron chi connectivity index (χ2n) is 4.68. The van der Waals surface area contributed by atoms with Crippen molar-refractivity contribution >= 4 is 22.2 Å². The average molecular weight is 291 g/mol. The van der Waals surface area contributed by atoms with Crippen molar-refractivity contribution in [3.8, 4) is 5.75 Å². The monoisotopic (exact) mass is 291 g/mol. The van der Waals surface area contributed by atoms with E-state index in [0.29, 0.717) is 0 Å². The fourth-order valence-electron chi connectivity index (χ4n) is 1.42. The van der Waals surface area contributed by atoms with Crippen LogP contribution >= 0.6 is 12.0 Å². The molecule has 0 spiro atoms. The maximum atomic E-state index is 11.0. The Morgan fingerprint density at radius 2 is 1.89 bits per heavy atom. The summed E-state index contributed by atoms with van der Waals surface area (Å²) in [6.45, 7) is 5.83. The third-order valence-corrected chi connectivity index (χ3v) is 3.28. The zero-order valence-corrected chi connectivity index (χ0v) is 12.2. The standard InChI is InChI=1S/C11H16O5S2/c1-11(2,3)9-6-5-8(18(12,13)14)7-10(9)15-16-17-4/h5-7H,1-4H3,(H,12,13,14)/p-1. The van der Waals surface area contributed by atoms with Crippen LogP contribution in [0.1, 0.15) is 26.3 Å². The van der Waals surface area contributed by atoms with E-state index in [9.17, 15) is 13.0 Å². The van der Waals surface area contributed by atoms with Gasteiger partial charge < -0.3 is 9.44 Å². The SMILES string of the molecule is CSOOc1cc(S(=O)(=O)[O-])ccc1C(C)(C)C. The van der Waals surface area contributed by atoms with Gasteiger partial charge in [0.05, 0.1) is 4.90 Å². The summed E-state index contributed by atoms with van der Waals surface area (Å²) in [7, 11) is -4.50. The molecule has 0 saturated heterocycles. The molecular formula is C11H15O5S2-. The molecule has 0 saturated carbocycles. The van der Waals surface area contributed by atoms with Gasteiger partial charge in [-0.05, 0) is 11.5 Å². The normalized spacial score (nSPS) is 12.5. The van der Waals surface area contributed by atoms with Crippen LogP contribution in [0.4, 0.5) is 0 Å². The third kappa shape index (κ3) is 3.88. The summed E-state index contributed by atoms with van der Waals surface area (Å²) in [4.78, 5) is 4.67. The summed E-state index contributed by atoms with van der Waals surface area (Å²) in [6, 6.07) is 4.01. The minimum Gasteiger partial charge on any atom is -0.744 e. The molecule has 5 nitrogen and oxygen atoms in total. The molecule has 0 aliphatic heterocycles. The van der Waals surface area contributed by atoms with Gasteiger partial charge in [-0.3, -0.25) is 0 Å². The average Bonchev–Trinajstić information content (AvgIpc) is 2.23. The summed E-state index contributed by atoms with van der Waals surface area (Å²) < 4.78 is 37.6. The van der Waals surface area contributed by atoms with Crippen LogP contribution in [-0.2, 0) is 19.9 Å². The number of benzene rings is 1. The molecule has 0 aliphatic carbocycles. The van der Waals surface area contributed by atoms with E-state index in [1.54, 1.807) is 12.3 Å². The fourth-order valence-corrected chi connectivity index (χ4v) is 2.04. The van der Waals surface area contributed by atoms with Crippen molar-refractivity contribution < 1.29 is 22.2 Å². The second-order valence-corrected chi connectivity index (χ2v) is 6.53. The molecule has 0 aromatic heterocycles. The van der Waals surface area contributed by atoms with Crippen LogP contribution in [0.2, 0.25) is 0 Å². The molecule has 0 heterocycles. The Morgan fingerprint density at radius 1 is 1.28 bits per heavy atom. The Labute approximate surface area is 111 Å². The summed E-state index contributed by atoms with van der Waals surface area (Å²) in [5, 5.41) is 0. The summed E-state index contributed by atoms with van der Waals surface area (Å²) in [5.41, 5.74) is 0.492. The van der Waals surface area contributed by atoms with Gasteiger partial charge in [0.1, 0.15) is 10.1 Å². The molecule has 0 aliphatic rings. The smallest absolute Gasteiger partial charge is 0.171 e. The highest BCUT2D eigenvalue weighted by atomic mass is 32.2. The Hall–Kier alpha value is -0.760. The maximum absolute atomic E-state index is 11.0. The van der Waals surface area contributed by atoms with Gasteiger partial charge in [0, 0.05) is 29.9 Å². The molecule has 0 bridgehead atoms. The van der Waals surface area contributed by atoms with Crippen molar-refractivity contribution in [3.63, 3.8) is 0 Å². The highest BCUT2D eigenvalue weighted by Gasteiger charge is 2.21. The molecule has 0 fully saturated rings. The van der Waals surface area contributed by atoms with Gasteiger partial charge in [-0.2, -0.15) is 0 Å². The first-order valence-electron chi connectivity index (χ1n) is 5.14. The largest absolute Gasteiger partial charge is 0.744 e. The molecule has 1 aromatic rings. The van der Waals surface area contributed by atoms with Gasteiger partial charge in [0.25, 0.3) is 0 Å². The minimum atomic E-state index is -4.50. The highest BCUT2D eigenvalue weighted by molar-refractivity contribution is 7.93. The van der Waals surface area contributed by atoms with E-state index in [1.807, 2.05) is 20.8 Å². The Morgan fingerprint density at radius 3 is 2.33 bits per heavy atom. The topological polar surface area (TPSA) is 75.7 Å².